The number of alkyl halides is 1. The summed E-state index contributed by atoms with van der Waals surface area (Å²) in [6, 6.07) is 1.69. The van der Waals surface area contributed by atoms with Gasteiger partial charge in [0.2, 0.25) is 0 Å². The number of carbonyl (C=O) groups excluding carboxylic acids is 1. The van der Waals surface area contributed by atoms with Crippen LogP contribution in [0.5, 0.6) is 0 Å². The molecule has 6 heteroatoms. The van der Waals surface area contributed by atoms with Gasteiger partial charge < -0.3 is 4.74 Å². The van der Waals surface area contributed by atoms with E-state index < -0.39 is 28.2 Å². The molecule has 88 valence electrons. The third-order valence-electron chi connectivity index (χ3n) is 1.92. The van der Waals surface area contributed by atoms with Crippen LogP contribution >= 0.6 is 15.9 Å². The molecule has 0 saturated carbocycles. The lowest BCUT2D eigenvalue weighted by Crippen LogP contribution is -2.18. The molecule has 0 spiro atoms. The average molecular weight is 297 g/mol. The van der Waals surface area contributed by atoms with Gasteiger partial charge in [0.05, 0.1) is 7.11 Å². The molecule has 1 aromatic rings. The van der Waals surface area contributed by atoms with Crippen LogP contribution in [-0.2, 0) is 16.0 Å². The van der Waals surface area contributed by atoms with Crippen molar-refractivity contribution >= 4 is 21.9 Å². The first kappa shape index (κ1) is 13.0. The molecule has 0 aliphatic rings. The zero-order chi connectivity index (χ0) is 12.3. The fraction of sp³-hybridized carbons (Fsp3) is 0.300. The van der Waals surface area contributed by atoms with Crippen LogP contribution < -0.4 is 0 Å². The molecule has 0 fully saturated rings. The van der Waals surface area contributed by atoms with Gasteiger partial charge in [-0.2, -0.15) is 0 Å². The highest BCUT2D eigenvalue weighted by molar-refractivity contribution is 9.10. The first-order valence-corrected chi connectivity index (χ1v) is 5.22. The first-order valence-electron chi connectivity index (χ1n) is 4.31. The lowest BCUT2D eigenvalue weighted by molar-refractivity contribution is -0.139. The Morgan fingerprint density at radius 1 is 1.38 bits per heavy atom. The Bertz CT molecular complexity index is 386. The molecule has 16 heavy (non-hydrogen) atoms. The standard InChI is InChI=1S/C10H8BrF3O2/c1-16-10(15)6(11)2-5-3-7(12)9(14)8(13)4-5/h3-4,6H,2H2,1H3. The summed E-state index contributed by atoms with van der Waals surface area (Å²) >= 11 is 2.99. The number of methoxy groups -OCH3 is 1. The summed E-state index contributed by atoms with van der Waals surface area (Å²) in [4.78, 5) is 10.3. The maximum atomic E-state index is 12.8. The van der Waals surface area contributed by atoms with Gasteiger partial charge in [0.25, 0.3) is 0 Å². The highest BCUT2D eigenvalue weighted by Gasteiger charge is 2.18. The van der Waals surface area contributed by atoms with E-state index in [4.69, 9.17) is 0 Å². The van der Waals surface area contributed by atoms with E-state index in [2.05, 4.69) is 20.7 Å². The van der Waals surface area contributed by atoms with Gasteiger partial charge in [0.1, 0.15) is 4.83 Å². The minimum absolute atomic E-state index is 0.0147. The topological polar surface area (TPSA) is 26.3 Å². The van der Waals surface area contributed by atoms with Gasteiger partial charge in [-0.15, -0.1) is 0 Å². The first-order chi connectivity index (χ1) is 7.45. The fourth-order valence-corrected chi connectivity index (χ4v) is 1.70. The van der Waals surface area contributed by atoms with Crippen molar-refractivity contribution in [2.75, 3.05) is 7.11 Å². The van der Waals surface area contributed by atoms with E-state index in [0.717, 1.165) is 12.1 Å². The zero-order valence-corrected chi connectivity index (χ0v) is 9.85. The van der Waals surface area contributed by atoms with E-state index in [-0.39, 0.29) is 12.0 Å². The van der Waals surface area contributed by atoms with Gasteiger partial charge in [-0.1, -0.05) is 15.9 Å². The molecule has 0 heterocycles. The average Bonchev–Trinajstić information content (AvgIpc) is 2.24. The van der Waals surface area contributed by atoms with Crippen LogP contribution in [0.15, 0.2) is 12.1 Å². The number of hydrogen-bond donors (Lipinski definition) is 0. The van der Waals surface area contributed by atoms with Gasteiger partial charge in [-0.25, -0.2) is 13.2 Å². The van der Waals surface area contributed by atoms with Crippen LogP contribution in [0, 0.1) is 17.5 Å². The number of benzene rings is 1. The van der Waals surface area contributed by atoms with Crippen LogP contribution in [0.3, 0.4) is 0 Å². The normalized spacial score (nSPS) is 12.3. The highest BCUT2D eigenvalue weighted by Crippen LogP contribution is 2.17. The van der Waals surface area contributed by atoms with E-state index in [1.165, 1.54) is 7.11 Å². The van der Waals surface area contributed by atoms with Crippen molar-refractivity contribution in [3.8, 4) is 0 Å². The summed E-state index contributed by atoms with van der Waals surface area (Å²) in [7, 11) is 1.20. The monoisotopic (exact) mass is 296 g/mol. The molecule has 1 rings (SSSR count). The Morgan fingerprint density at radius 2 is 1.88 bits per heavy atom. The van der Waals surface area contributed by atoms with E-state index in [9.17, 15) is 18.0 Å². The van der Waals surface area contributed by atoms with Gasteiger partial charge >= 0.3 is 5.97 Å². The molecule has 0 amide bonds. The Morgan fingerprint density at radius 3 is 2.31 bits per heavy atom. The van der Waals surface area contributed by atoms with Gasteiger partial charge in [-0.3, -0.25) is 4.79 Å². The zero-order valence-electron chi connectivity index (χ0n) is 8.27. The molecule has 0 aliphatic heterocycles. The van der Waals surface area contributed by atoms with Crippen LogP contribution in [0.1, 0.15) is 5.56 Å². The molecule has 0 N–H and O–H groups in total. The smallest absolute Gasteiger partial charge is 0.319 e. The van der Waals surface area contributed by atoms with Gasteiger partial charge in [0.15, 0.2) is 17.5 Å². The maximum absolute atomic E-state index is 12.8. The highest BCUT2D eigenvalue weighted by atomic mass is 79.9. The molecular weight excluding hydrogens is 289 g/mol. The number of carbonyl (C=O) groups is 1. The number of halogens is 4. The van der Waals surface area contributed by atoms with Crippen molar-refractivity contribution in [2.45, 2.75) is 11.2 Å². The molecule has 0 saturated heterocycles. The van der Waals surface area contributed by atoms with Crippen molar-refractivity contribution < 1.29 is 22.7 Å². The van der Waals surface area contributed by atoms with Gasteiger partial charge in [0, 0.05) is 0 Å². The molecule has 1 unspecified atom stereocenters. The summed E-state index contributed by atoms with van der Waals surface area (Å²) in [6.45, 7) is 0. The maximum Gasteiger partial charge on any atom is 0.319 e. The minimum atomic E-state index is -1.52. The SMILES string of the molecule is COC(=O)C(Br)Cc1cc(F)c(F)c(F)c1. The van der Waals surface area contributed by atoms with Crippen molar-refractivity contribution in [3.05, 3.63) is 35.1 Å². The lowest BCUT2D eigenvalue weighted by atomic mass is 10.1. The third kappa shape index (κ3) is 2.98. The Balaban J connectivity index is 2.86. The largest absolute Gasteiger partial charge is 0.468 e. The Labute approximate surface area is 98.5 Å². The summed E-state index contributed by atoms with van der Waals surface area (Å²) in [6.07, 6.45) is 0.0147. The van der Waals surface area contributed by atoms with Crippen LogP contribution in [0.25, 0.3) is 0 Å². The van der Waals surface area contributed by atoms with E-state index >= 15 is 0 Å². The predicted octanol–water partition coefficient (Wildman–Crippen LogP) is 2.58. The predicted molar refractivity (Wildman–Crippen MR) is 54.8 cm³/mol. The summed E-state index contributed by atoms with van der Waals surface area (Å²) in [5.74, 6) is -4.64. The van der Waals surface area contributed by atoms with Crippen LogP contribution in [0.2, 0.25) is 0 Å². The van der Waals surface area contributed by atoms with Crippen molar-refractivity contribution in [2.24, 2.45) is 0 Å². The molecule has 0 radical (unpaired) electrons. The van der Waals surface area contributed by atoms with E-state index in [1.54, 1.807) is 0 Å². The molecule has 1 atom stereocenters. The lowest BCUT2D eigenvalue weighted by Gasteiger charge is -2.08. The minimum Gasteiger partial charge on any atom is -0.468 e. The van der Waals surface area contributed by atoms with Crippen LogP contribution in [0.4, 0.5) is 13.2 Å². The molecule has 0 aromatic heterocycles. The molecule has 1 aromatic carbocycles. The van der Waals surface area contributed by atoms with E-state index in [0.29, 0.717) is 0 Å². The number of hydrogen-bond acceptors (Lipinski definition) is 2. The molecule has 0 bridgehead atoms. The quantitative estimate of drug-likeness (QED) is 0.487. The van der Waals surface area contributed by atoms with Crippen LogP contribution in [-0.4, -0.2) is 17.9 Å². The molecule has 0 aliphatic carbocycles. The molecular formula is C10H8BrF3O2. The third-order valence-corrected chi connectivity index (χ3v) is 2.61. The summed E-state index contributed by atoms with van der Waals surface area (Å²) in [5.41, 5.74) is 0.170. The Hall–Kier alpha value is -1.04. The second-order valence-corrected chi connectivity index (χ2v) is 4.17. The number of esters is 1. The molecule has 2 nitrogen and oxygen atoms in total. The number of ether oxygens (including phenoxy) is 1. The van der Waals surface area contributed by atoms with Crippen molar-refractivity contribution in [1.29, 1.82) is 0 Å². The fourth-order valence-electron chi connectivity index (χ4n) is 1.14. The van der Waals surface area contributed by atoms with Crippen molar-refractivity contribution in [1.82, 2.24) is 0 Å². The van der Waals surface area contributed by atoms with E-state index in [1.807, 2.05) is 0 Å². The summed E-state index contributed by atoms with van der Waals surface area (Å²) in [5, 5.41) is 0. The Kier molecular flexibility index (Phi) is 4.35. The van der Waals surface area contributed by atoms with Crippen molar-refractivity contribution in [3.63, 3.8) is 0 Å². The second-order valence-electron chi connectivity index (χ2n) is 3.07. The van der Waals surface area contributed by atoms with Gasteiger partial charge in [-0.05, 0) is 24.1 Å². The summed E-state index contributed by atoms with van der Waals surface area (Å²) < 4.78 is 42.7. The number of rotatable bonds is 3. The second kappa shape index (κ2) is 5.34.